The highest BCUT2D eigenvalue weighted by molar-refractivity contribution is 6.35. The summed E-state index contributed by atoms with van der Waals surface area (Å²) >= 11 is 6.21. The van der Waals surface area contributed by atoms with Crippen LogP contribution in [0.15, 0.2) is 78.9 Å². The number of fused-ring (bicyclic) bond motifs is 2. The van der Waals surface area contributed by atoms with Gasteiger partial charge in [0.05, 0.1) is 5.56 Å². The van der Waals surface area contributed by atoms with E-state index >= 15 is 0 Å². The molecule has 0 spiro atoms. The molecular weight excluding hydrogens is 320 g/mol. The van der Waals surface area contributed by atoms with Gasteiger partial charge in [0.2, 0.25) is 0 Å². The summed E-state index contributed by atoms with van der Waals surface area (Å²) in [4.78, 5) is 12.5. The predicted octanol–water partition coefficient (Wildman–Crippen LogP) is 5.87. The molecule has 4 aromatic rings. The van der Waals surface area contributed by atoms with Crippen molar-refractivity contribution in [3.63, 3.8) is 0 Å². The fraction of sp³-hybridized carbons (Fsp3) is 0. The van der Waals surface area contributed by atoms with Gasteiger partial charge in [-0.1, -0.05) is 66.2 Å². The molecule has 3 heteroatoms. The summed E-state index contributed by atoms with van der Waals surface area (Å²) < 4.78 is 5.62. The second kappa shape index (κ2) is 5.99. The Balaban J connectivity index is 1.72. The maximum absolute atomic E-state index is 12.5. The lowest BCUT2D eigenvalue weighted by molar-refractivity contribution is 0.0737. The lowest BCUT2D eigenvalue weighted by Crippen LogP contribution is -2.08. The molecule has 0 bridgehead atoms. The van der Waals surface area contributed by atoms with Gasteiger partial charge >= 0.3 is 5.97 Å². The summed E-state index contributed by atoms with van der Waals surface area (Å²) in [6.07, 6.45) is 0. The lowest BCUT2D eigenvalue weighted by Gasteiger charge is -2.09. The molecular formula is C21H13ClO2. The Morgan fingerprint density at radius 2 is 1.46 bits per heavy atom. The zero-order valence-electron chi connectivity index (χ0n) is 12.7. The summed E-state index contributed by atoms with van der Waals surface area (Å²) in [5.41, 5.74) is 0.521. The SMILES string of the molecule is O=C(Oc1ccc(Cl)c2ccccc12)c1ccc2ccccc2c1. The first-order valence-corrected chi connectivity index (χ1v) is 7.98. The number of benzene rings is 4. The summed E-state index contributed by atoms with van der Waals surface area (Å²) in [6.45, 7) is 0. The van der Waals surface area contributed by atoms with Crippen LogP contribution in [-0.2, 0) is 0 Å². The Morgan fingerprint density at radius 1 is 0.750 bits per heavy atom. The third-order valence-corrected chi connectivity index (χ3v) is 4.35. The molecule has 0 radical (unpaired) electrons. The van der Waals surface area contributed by atoms with Gasteiger partial charge < -0.3 is 4.74 Å². The third kappa shape index (κ3) is 2.61. The van der Waals surface area contributed by atoms with E-state index in [4.69, 9.17) is 16.3 Å². The van der Waals surface area contributed by atoms with Crippen molar-refractivity contribution < 1.29 is 9.53 Å². The average Bonchev–Trinajstić information content (AvgIpc) is 2.64. The normalized spacial score (nSPS) is 10.9. The van der Waals surface area contributed by atoms with Crippen molar-refractivity contribution in [1.82, 2.24) is 0 Å². The van der Waals surface area contributed by atoms with Crippen molar-refractivity contribution in [1.29, 1.82) is 0 Å². The molecule has 0 aliphatic rings. The predicted molar refractivity (Wildman–Crippen MR) is 97.9 cm³/mol. The van der Waals surface area contributed by atoms with Crippen LogP contribution in [0.3, 0.4) is 0 Å². The third-order valence-electron chi connectivity index (χ3n) is 4.02. The average molecular weight is 333 g/mol. The topological polar surface area (TPSA) is 26.3 Å². The minimum atomic E-state index is -0.381. The zero-order chi connectivity index (χ0) is 16.5. The van der Waals surface area contributed by atoms with Crippen molar-refractivity contribution in [3.8, 4) is 5.75 Å². The number of ether oxygens (including phenoxy) is 1. The highest BCUT2D eigenvalue weighted by Crippen LogP contribution is 2.31. The maximum Gasteiger partial charge on any atom is 0.343 e. The number of rotatable bonds is 2. The van der Waals surface area contributed by atoms with Crippen LogP contribution in [0.5, 0.6) is 5.75 Å². The van der Waals surface area contributed by atoms with Gasteiger partial charge in [-0.05, 0) is 35.0 Å². The molecule has 24 heavy (non-hydrogen) atoms. The molecule has 116 valence electrons. The summed E-state index contributed by atoms with van der Waals surface area (Å²) in [5.74, 6) is 0.126. The first-order valence-electron chi connectivity index (χ1n) is 7.60. The van der Waals surface area contributed by atoms with Crippen LogP contribution in [0, 0.1) is 0 Å². The fourth-order valence-electron chi connectivity index (χ4n) is 2.80. The molecule has 0 aromatic heterocycles. The molecule has 0 saturated carbocycles. The number of carbonyl (C=O) groups is 1. The standard InChI is InChI=1S/C21H13ClO2/c22-19-11-12-20(18-8-4-3-7-17(18)19)24-21(23)16-10-9-14-5-1-2-6-15(14)13-16/h1-13H. The van der Waals surface area contributed by atoms with Crippen molar-refractivity contribution in [2.24, 2.45) is 0 Å². The van der Waals surface area contributed by atoms with Crippen LogP contribution in [0.1, 0.15) is 10.4 Å². The van der Waals surface area contributed by atoms with Crippen molar-refractivity contribution >= 4 is 39.1 Å². The Kier molecular flexibility index (Phi) is 3.68. The molecule has 0 N–H and O–H groups in total. The van der Waals surface area contributed by atoms with Gasteiger partial charge in [0.1, 0.15) is 5.75 Å². The van der Waals surface area contributed by atoms with Crippen molar-refractivity contribution in [2.75, 3.05) is 0 Å². The number of hydrogen-bond acceptors (Lipinski definition) is 2. The van der Waals surface area contributed by atoms with Gasteiger partial charge in [-0.3, -0.25) is 0 Å². The van der Waals surface area contributed by atoms with Crippen LogP contribution in [0.4, 0.5) is 0 Å². The van der Waals surface area contributed by atoms with E-state index in [1.807, 2.05) is 60.7 Å². The Morgan fingerprint density at radius 3 is 2.29 bits per heavy atom. The van der Waals surface area contributed by atoms with E-state index in [-0.39, 0.29) is 5.97 Å². The number of halogens is 1. The first kappa shape index (κ1) is 14.7. The van der Waals surface area contributed by atoms with E-state index in [0.717, 1.165) is 21.5 Å². The quantitative estimate of drug-likeness (QED) is 0.339. The molecule has 4 aromatic carbocycles. The van der Waals surface area contributed by atoms with E-state index in [2.05, 4.69) is 0 Å². The molecule has 0 atom stereocenters. The largest absolute Gasteiger partial charge is 0.422 e. The van der Waals surface area contributed by atoms with Crippen LogP contribution >= 0.6 is 11.6 Å². The number of esters is 1. The maximum atomic E-state index is 12.5. The van der Waals surface area contributed by atoms with E-state index in [0.29, 0.717) is 16.3 Å². The van der Waals surface area contributed by atoms with Gasteiger partial charge in [-0.25, -0.2) is 4.79 Å². The minimum Gasteiger partial charge on any atom is -0.422 e. The molecule has 0 aliphatic heterocycles. The molecule has 0 saturated heterocycles. The van der Waals surface area contributed by atoms with Gasteiger partial charge in [-0.15, -0.1) is 0 Å². The van der Waals surface area contributed by atoms with Crippen LogP contribution in [0.25, 0.3) is 21.5 Å². The molecule has 0 unspecified atom stereocenters. The minimum absolute atomic E-state index is 0.381. The monoisotopic (exact) mass is 332 g/mol. The first-order chi connectivity index (χ1) is 11.7. The second-order valence-electron chi connectivity index (χ2n) is 5.54. The van der Waals surface area contributed by atoms with Gasteiger partial charge in [0.25, 0.3) is 0 Å². The smallest absolute Gasteiger partial charge is 0.343 e. The van der Waals surface area contributed by atoms with Crippen LogP contribution in [-0.4, -0.2) is 5.97 Å². The highest BCUT2D eigenvalue weighted by Gasteiger charge is 2.12. The lowest BCUT2D eigenvalue weighted by atomic mass is 10.1. The van der Waals surface area contributed by atoms with E-state index in [1.165, 1.54) is 0 Å². The fourth-order valence-corrected chi connectivity index (χ4v) is 3.03. The number of hydrogen-bond donors (Lipinski definition) is 0. The Labute approximate surface area is 144 Å². The van der Waals surface area contributed by atoms with Crippen molar-refractivity contribution in [2.45, 2.75) is 0 Å². The zero-order valence-corrected chi connectivity index (χ0v) is 13.5. The number of carbonyl (C=O) groups excluding carboxylic acids is 1. The molecule has 0 amide bonds. The van der Waals surface area contributed by atoms with Gasteiger partial charge in [-0.2, -0.15) is 0 Å². The van der Waals surface area contributed by atoms with Crippen LogP contribution in [0.2, 0.25) is 5.02 Å². The molecule has 0 fully saturated rings. The van der Waals surface area contributed by atoms with Crippen LogP contribution < -0.4 is 4.74 Å². The molecule has 0 heterocycles. The Hall–Kier alpha value is -2.84. The van der Waals surface area contributed by atoms with Gasteiger partial charge in [0, 0.05) is 15.8 Å². The van der Waals surface area contributed by atoms with Gasteiger partial charge in [0.15, 0.2) is 0 Å². The van der Waals surface area contributed by atoms with E-state index in [1.54, 1.807) is 18.2 Å². The molecule has 4 rings (SSSR count). The summed E-state index contributed by atoms with van der Waals surface area (Å²) in [5, 5.41) is 4.41. The summed E-state index contributed by atoms with van der Waals surface area (Å²) in [7, 11) is 0. The van der Waals surface area contributed by atoms with E-state index < -0.39 is 0 Å². The molecule has 2 nitrogen and oxygen atoms in total. The molecule has 0 aliphatic carbocycles. The highest BCUT2D eigenvalue weighted by atomic mass is 35.5. The summed E-state index contributed by atoms with van der Waals surface area (Å²) in [6, 6.07) is 24.5. The van der Waals surface area contributed by atoms with Crippen molar-refractivity contribution in [3.05, 3.63) is 89.4 Å². The van der Waals surface area contributed by atoms with E-state index in [9.17, 15) is 4.79 Å². The second-order valence-corrected chi connectivity index (χ2v) is 5.95. The Bertz CT molecular complexity index is 1070.